The number of nitriles is 1. The van der Waals surface area contributed by atoms with Crippen molar-refractivity contribution in [2.75, 3.05) is 13.7 Å². The first-order valence-corrected chi connectivity index (χ1v) is 6.57. The Kier molecular flexibility index (Phi) is 6.14. The first kappa shape index (κ1) is 17.2. The first-order valence-electron chi connectivity index (χ1n) is 6.57. The molecule has 116 valence electrons. The smallest absolute Gasteiger partial charge is 0.466 e. The topological polar surface area (TPSA) is 85.6 Å². The van der Waals surface area contributed by atoms with E-state index in [0.29, 0.717) is 5.56 Å². The molecule has 1 aromatic carbocycles. The lowest BCUT2D eigenvalue weighted by Gasteiger charge is -2.26. The van der Waals surface area contributed by atoms with E-state index in [9.17, 15) is 14.9 Å². The molecule has 22 heavy (non-hydrogen) atoms. The minimum absolute atomic E-state index is 0.0113. The second-order valence-electron chi connectivity index (χ2n) is 4.36. The molecule has 0 N–H and O–H groups in total. The predicted molar refractivity (Wildman–Crippen MR) is 77.6 cm³/mol. The minimum atomic E-state index is -1.71. The Morgan fingerprint density at radius 3 is 2.45 bits per heavy atom. The summed E-state index contributed by atoms with van der Waals surface area (Å²) < 4.78 is 14.5. The van der Waals surface area contributed by atoms with Gasteiger partial charge in [0.25, 0.3) is 0 Å². The number of rotatable bonds is 6. The maximum atomic E-state index is 11.7. The molecular formula is C16H17NO5. The summed E-state index contributed by atoms with van der Waals surface area (Å²) in [7, 11) is 1.20. The fraction of sp³-hybridized carbons (Fsp3) is 0.312. The van der Waals surface area contributed by atoms with E-state index in [2.05, 4.69) is 11.3 Å². The molecule has 0 aliphatic rings. The fourth-order valence-corrected chi connectivity index (χ4v) is 1.84. The van der Waals surface area contributed by atoms with Crippen LogP contribution in [0.1, 0.15) is 18.9 Å². The quantitative estimate of drug-likeness (QED) is 0.593. The summed E-state index contributed by atoms with van der Waals surface area (Å²) in [5.41, 5.74) is -1.29. The van der Waals surface area contributed by atoms with Crippen molar-refractivity contribution in [1.82, 2.24) is 0 Å². The van der Waals surface area contributed by atoms with Crippen LogP contribution in [0.3, 0.4) is 0 Å². The molecule has 1 atom stereocenters. The van der Waals surface area contributed by atoms with Crippen molar-refractivity contribution in [3.8, 4) is 6.07 Å². The molecule has 1 aromatic rings. The molecule has 0 radical (unpaired) electrons. The van der Waals surface area contributed by atoms with Gasteiger partial charge in [-0.15, -0.1) is 0 Å². The molecule has 0 saturated carbocycles. The lowest BCUT2D eigenvalue weighted by atomic mass is 9.88. The molecule has 0 aliphatic heterocycles. The summed E-state index contributed by atoms with van der Waals surface area (Å²) in [6.07, 6.45) is -1.22. The Morgan fingerprint density at radius 1 is 1.32 bits per heavy atom. The number of methoxy groups -OCH3 is 1. The van der Waals surface area contributed by atoms with E-state index in [1.807, 2.05) is 6.07 Å². The molecule has 0 aromatic heterocycles. The van der Waals surface area contributed by atoms with Crippen LogP contribution in [0.25, 0.3) is 0 Å². The van der Waals surface area contributed by atoms with E-state index < -0.39 is 17.7 Å². The van der Waals surface area contributed by atoms with Gasteiger partial charge in [-0.2, -0.15) is 5.26 Å². The summed E-state index contributed by atoms with van der Waals surface area (Å²) in [5.74, 6) is -0.678. The van der Waals surface area contributed by atoms with Gasteiger partial charge in [0.2, 0.25) is 5.60 Å². The van der Waals surface area contributed by atoms with Crippen LogP contribution >= 0.6 is 0 Å². The van der Waals surface area contributed by atoms with Gasteiger partial charge in [-0.1, -0.05) is 36.9 Å². The second-order valence-corrected chi connectivity index (χ2v) is 4.36. The van der Waals surface area contributed by atoms with Crippen LogP contribution in [0.4, 0.5) is 4.79 Å². The molecule has 0 bridgehead atoms. The summed E-state index contributed by atoms with van der Waals surface area (Å²) in [5, 5.41) is 9.57. The highest BCUT2D eigenvalue weighted by atomic mass is 16.7. The highest BCUT2D eigenvalue weighted by Gasteiger charge is 2.39. The normalized spacial score (nSPS) is 12.4. The van der Waals surface area contributed by atoms with E-state index in [0.717, 1.165) is 0 Å². The van der Waals surface area contributed by atoms with Gasteiger partial charge in [-0.3, -0.25) is 0 Å². The van der Waals surface area contributed by atoms with E-state index in [1.54, 1.807) is 37.3 Å². The fourth-order valence-electron chi connectivity index (χ4n) is 1.84. The SMILES string of the molecule is C=C(CC(C#N)(OC(=O)OCC)c1ccccc1)C(=O)OC. The van der Waals surface area contributed by atoms with Crippen molar-refractivity contribution in [1.29, 1.82) is 5.26 Å². The van der Waals surface area contributed by atoms with E-state index in [1.165, 1.54) is 7.11 Å². The molecule has 0 aliphatic carbocycles. The standard InChI is InChI=1S/C16H17NO5/c1-4-21-15(19)22-16(11-17,10-12(2)14(18)20-3)13-8-6-5-7-9-13/h5-9H,2,4,10H2,1,3H3. The van der Waals surface area contributed by atoms with Crippen LogP contribution in [0, 0.1) is 11.3 Å². The molecular weight excluding hydrogens is 286 g/mol. The van der Waals surface area contributed by atoms with Gasteiger partial charge in [0.1, 0.15) is 6.07 Å². The number of carbonyl (C=O) groups is 2. The molecule has 0 amide bonds. The molecule has 1 rings (SSSR count). The summed E-state index contributed by atoms with van der Waals surface area (Å²) >= 11 is 0. The van der Waals surface area contributed by atoms with Crippen molar-refractivity contribution >= 4 is 12.1 Å². The van der Waals surface area contributed by atoms with Crippen molar-refractivity contribution in [3.63, 3.8) is 0 Å². The van der Waals surface area contributed by atoms with Crippen molar-refractivity contribution in [3.05, 3.63) is 48.0 Å². The van der Waals surface area contributed by atoms with Crippen LogP contribution in [-0.2, 0) is 24.6 Å². The Morgan fingerprint density at radius 2 is 1.95 bits per heavy atom. The van der Waals surface area contributed by atoms with E-state index in [-0.39, 0.29) is 18.6 Å². The number of hydrogen-bond donors (Lipinski definition) is 0. The van der Waals surface area contributed by atoms with Crippen molar-refractivity contribution in [2.24, 2.45) is 0 Å². The third-order valence-corrected chi connectivity index (χ3v) is 2.88. The zero-order valence-electron chi connectivity index (χ0n) is 12.5. The summed E-state index contributed by atoms with van der Waals surface area (Å²) in [6.45, 7) is 5.30. The molecule has 0 heterocycles. The third kappa shape index (κ3) is 4.09. The van der Waals surface area contributed by atoms with Crippen LogP contribution in [0.15, 0.2) is 42.5 Å². The van der Waals surface area contributed by atoms with Gasteiger partial charge in [-0.05, 0) is 6.92 Å². The van der Waals surface area contributed by atoms with Crippen LogP contribution in [0.2, 0.25) is 0 Å². The van der Waals surface area contributed by atoms with Gasteiger partial charge in [0, 0.05) is 17.6 Å². The van der Waals surface area contributed by atoms with Crippen molar-refractivity contribution < 1.29 is 23.8 Å². The average Bonchev–Trinajstić information content (AvgIpc) is 2.54. The second kappa shape index (κ2) is 7.84. The Hall–Kier alpha value is -2.81. The molecule has 0 spiro atoms. The highest BCUT2D eigenvalue weighted by molar-refractivity contribution is 5.88. The first-order chi connectivity index (χ1) is 10.5. The number of esters is 1. The summed E-state index contributed by atoms with van der Waals surface area (Å²) in [4.78, 5) is 23.2. The zero-order chi connectivity index (χ0) is 16.6. The lowest BCUT2D eigenvalue weighted by Crippen LogP contribution is -2.33. The molecule has 6 heteroatoms. The number of nitrogens with zero attached hydrogens (tertiary/aromatic N) is 1. The minimum Gasteiger partial charge on any atom is -0.466 e. The summed E-state index contributed by atoms with van der Waals surface area (Å²) in [6, 6.07) is 10.3. The molecule has 0 fully saturated rings. The monoisotopic (exact) mass is 303 g/mol. The Bertz CT molecular complexity index is 590. The Balaban J connectivity index is 3.18. The van der Waals surface area contributed by atoms with Crippen LogP contribution in [-0.4, -0.2) is 25.8 Å². The van der Waals surface area contributed by atoms with Gasteiger partial charge < -0.3 is 14.2 Å². The lowest BCUT2D eigenvalue weighted by molar-refractivity contribution is -0.136. The molecule has 1 unspecified atom stereocenters. The van der Waals surface area contributed by atoms with Gasteiger partial charge in [-0.25, -0.2) is 9.59 Å². The van der Waals surface area contributed by atoms with E-state index >= 15 is 0 Å². The number of benzene rings is 1. The molecule has 0 saturated heterocycles. The Labute approximate surface area is 128 Å². The van der Waals surface area contributed by atoms with Crippen LogP contribution < -0.4 is 0 Å². The number of ether oxygens (including phenoxy) is 3. The molecule has 6 nitrogen and oxygen atoms in total. The third-order valence-electron chi connectivity index (χ3n) is 2.88. The van der Waals surface area contributed by atoms with Gasteiger partial charge in [0.15, 0.2) is 0 Å². The maximum Gasteiger partial charge on any atom is 0.510 e. The number of hydrogen-bond acceptors (Lipinski definition) is 6. The van der Waals surface area contributed by atoms with Crippen LogP contribution in [0.5, 0.6) is 0 Å². The average molecular weight is 303 g/mol. The number of carbonyl (C=O) groups excluding carboxylic acids is 2. The highest BCUT2D eigenvalue weighted by Crippen LogP contribution is 2.32. The van der Waals surface area contributed by atoms with E-state index in [4.69, 9.17) is 9.47 Å². The zero-order valence-corrected chi connectivity index (χ0v) is 12.5. The maximum absolute atomic E-state index is 11.7. The van der Waals surface area contributed by atoms with Crippen molar-refractivity contribution in [2.45, 2.75) is 18.9 Å². The van der Waals surface area contributed by atoms with Gasteiger partial charge >= 0.3 is 12.1 Å². The predicted octanol–water partition coefficient (Wildman–Crippen LogP) is 2.70. The largest absolute Gasteiger partial charge is 0.510 e. The van der Waals surface area contributed by atoms with Gasteiger partial charge in [0.05, 0.1) is 13.7 Å².